The van der Waals surface area contributed by atoms with E-state index in [1.807, 2.05) is 0 Å². The van der Waals surface area contributed by atoms with Gasteiger partial charge in [0.1, 0.15) is 4.47 Å². The molecule has 1 saturated carbocycles. The zero-order valence-corrected chi connectivity index (χ0v) is 10.9. The van der Waals surface area contributed by atoms with Crippen molar-refractivity contribution in [1.29, 1.82) is 0 Å². The smallest absolute Gasteiger partial charge is 0.283 e. The first-order chi connectivity index (χ1) is 8.11. The first-order valence-electron chi connectivity index (χ1n) is 5.50. The zero-order chi connectivity index (χ0) is 12.4. The lowest BCUT2D eigenvalue weighted by Gasteiger charge is -2.33. The highest BCUT2D eigenvalue weighted by atomic mass is 79.9. The van der Waals surface area contributed by atoms with Gasteiger partial charge in [0, 0.05) is 12.1 Å². The van der Waals surface area contributed by atoms with Gasteiger partial charge in [-0.25, -0.2) is 4.68 Å². The molecule has 0 unspecified atom stereocenters. The number of anilines is 1. The molecule has 0 aliphatic heterocycles. The van der Waals surface area contributed by atoms with E-state index in [2.05, 4.69) is 26.3 Å². The van der Waals surface area contributed by atoms with Crippen molar-refractivity contribution in [3.63, 3.8) is 0 Å². The Morgan fingerprint density at radius 2 is 2.35 bits per heavy atom. The van der Waals surface area contributed by atoms with Crippen LogP contribution in [0.4, 0.5) is 5.69 Å². The second-order valence-corrected chi connectivity index (χ2v) is 4.99. The molecule has 2 rings (SSSR count). The van der Waals surface area contributed by atoms with Crippen molar-refractivity contribution in [2.45, 2.75) is 31.5 Å². The maximum atomic E-state index is 11.8. The highest BCUT2D eigenvalue weighted by Gasteiger charge is 2.26. The average Bonchev–Trinajstić information content (AvgIpc) is 2.26. The van der Waals surface area contributed by atoms with E-state index in [9.17, 15) is 4.79 Å². The number of hydrogen-bond donors (Lipinski definition) is 3. The number of aromatic nitrogens is 2. The summed E-state index contributed by atoms with van der Waals surface area (Å²) in [5.41, 5.74) is 6.13. The van der Waals surface area contributed by atoms with Gasteiger partial charge in [-0.2, -0.15) is 5.10 Å². The largest absolute Gasteiger partial charge is 0.394 e. The Bertz CT molecular complexity index is 456. The summed E-state index contributed by atoms with van der Waals surface area (Å²) in [6.07, 6.45) is 3.41. The average molecular weight is 303 g/mol. The van der Waals surface area contributed by atoms with E-state index in [0.717, 1.165) is 12.8 Å². The zero-order valence-electron chi connectivity index (χ0n) is 9.27. The Morgan fingerprint density at radius 3 is 2.94 bits per heavy atom. The maximum absolute atomic E-state index is 11.8. The van der Waals surface area contributed by atoms with E-state index in [1.54, 1.807) is 6.20 Å². The molecule has 0 amide bonds. The van der Waals surface area contributed by atoms with Crippen molar-refractivity contribution < 1.29 is 5.11 Å². The second-order valence-electron chi connectivity index (χ2n) is 4.20. The molecule has 1 fully saturated rings. The Labute approximate surface area is 107 Å². The van der Waals surface area contributed by atoms with E-state index in [1.165, 1.54) is 4.68 Å². The maximum Gasteiger partial charge on any atom is 0.283 e. The summed E-state index contributed by atoms with van der Waals surface area (Å²) in [5, 5.41) is 16.0. The molecular weight excluding hydrogens is 288 g/mol. The molecule has 6 nitrogen and oxygen atoms in total. The van der Waals surface area contributed by atoms with Crippen LogP contribution in [0.15, 0.2) is 15.5 Å². The molecule has 0 aromatic carbocycles. The summed E-state index contributed by atoms with van der Waals surface area (Å²) >= 11 is 3.25. The Morgan fingerprint density at radius 1 is 1.65 bits per heavy atom. The number of nitrogens with one attached hydrogen (secondary N) is 1. The number of nitrogens with zero attached hydrogens (tertiary/aromatic N) is 2. The molecule has 4 N–H and O–H groups in total. The van der Waals surface area contributed by atoms with E-state index in [4.69, 9.17) is 10.8 Å². The summed E-state index contributed by atoms with van der Waals surface area (Å²) in [7, 11) is 0. The van der Waals surface area contributed by atoms with Gasteiger partial charge in [0.05, 0.1) is 25.0 Å². The third-order valence-corrected chi connectivity index (χ3v) is 3.60. The van der Waals surface area contributed by atoms with Crippen LogP contribution < -0.4 is 16.6 Å². The lowest BCUT2D eigenvalue weighted by Crippen LogP contribution is -2.44. The van der Waals surface area contributed by atoms with Gasteiger partial charge in [0.15, 0.2) is 0 Å². The molecule has 1 aliphatic carbocycles. The Hall–Kier alpha value is -0.920. The van der Waals surface area contributed by atoms with Crippen LogP contribution in [0.5, 0.6) is 0 Å². The van der Waals surface area contributed by atoms with Crippen LogP contribution in [0.25, 0.3) is 0 Å². The monoisotopic (exact) mass is 302 g/mol. The highest BCUT2D eigenvalue weighted by molar-refractivity contribution is 9.10. The summed E-state index contributed by atoms with van der Waals surface area (Å²) < 4.78 is 1.67. The Kier molecular flexibility index (Phi) is 3.80. The fourth-order valence-electron chi connectivity index (χ4n) is 1.82. The van der Waals surface area contributed by atoms with E-state index >= 15 is 0 Å². The molecule has 0 atom stereocenters. The molecule has 7 heteroatoms. The predicted molar refractivity (Wildman–Crippen MR) is 67.9 cm³/mol. The fourth-order valence-corrected chi connectivity index (χ4v) is 2.24. The highest BCUT2D eigenvalue weighted by Crippen LogP contribution is 2.25. The van der Waals surface area contributed by atoms with Gasteiger partial charge < -0.3 is 16.2 Å². The minimum absolute atomic E-state index is 0.108. The number of halogens is 1. The minimum Gasteiger partial charge on any atom is -0.394 e. The van der Waals surface area contributed by atoms with Gasteiger partial charge in [-0.3, -0.25) is 4.79 Å². The number of aliphatic hydroxyl groups is 1. The predicted octanol–water partition coefficient (Wildman–Crippen LogP) is -0.100. The van der Waals surface area contributed by atoms with Crippen LogP contribution in [0.1, 0.15) is 12.8 Å². The summed E-state index contributed by atoms with van der Waals surface area (Å²) in [6, 6.07) is 0.574. The van der Waals surface area contributed by atoms with Gasteiger partial charge in [-0.1, -0.05) is 0 Å². The summed E-state index contributed by atoms with van der Waals surface area (Å²) in [5.74, 6) is 0. The first-order valence-corrected chi connectivity index (χ1v) is 6.29. The molecule has 1 aliphatic rings. The van der Waals surface area contributed by atoms with Gasteiger partial charge in [-0.05, 0) is 28.8 Å². The first kappa shape index (κ1) is 12.5. The molecular formula is C10H15BrN4O2. The normalized spacial score (nSPS) is 23.2. The van der Waals surface area contributed by atoms with Gasteiger partial charge in [-0.15, -0.1) is 0 Å². The van der Waals surface area contributed by atoms with E-state index in [0.29, 0.717) is 16.2 Å². The van der Waals surface area contributed by atoms with E-state index < -0.39 is 0 Å². The van der Waals surface area contributed by atoms with Crippen LogP contribution in [0.2, 0.25) is 0 Å². The quantitative estimate of drug-likeness (QED) is 0.722. The molecule has 1 aromatic rings. The lowest BCUT2D eigenvalue weighted by atomic mass is 9.87. The molecule has 0 bridgehead atoms. The van der Waals surface area contributed by atoms with Gasteiger partial charge in [0.2, 0.25) is 0 Å². The summed E-state index contributed by atoms with van der Waals surface area (Å²) in [4.78, 5) is 11.8. The van der Waals surface area contributed by atoms with Crippen molar-refractivity contribution in [2.75, 3.05) is 11.9 Å². The van der Waals surface area contributed by atoms with Crippen molar-refractivity contribution in [3.05, 3.63) is 21.0 Å². The third kappa shape index (κ3) is 2.67. The molecule has 94 valence electrons. The molecule has 0 saturated heterocycles. The SMILES string of the molecule is NC1CC(Nc2cnn(CCO)c(=O)c2Br)C1. The minimum atomic E-state index is -0.243. The number of aliphatic hydroxyl groups excluding tert-OH is 1. The van der Waals surface area contributed by atoms with Gasteiger partial charge in [0.25, 0.3) is 5.56 Å². The van der Waals surface area contributed by atoms with Crippen molar-refractivity contribution in [1.82, 2.24) is 9.78 Å². The third-order valence-electron chi connectivity index (χ3n) is 2.83. The lowest BCUT2D eigenvalue weighted by molar-refractivity contribution is 0.266. The molecule has 0 spiro atoms. The number of rotatable bonds is 4. The molecule has 17 heavy (non-hydrogen) atoms. The number of nitrogens with two attached hydrogens (primary N) is 1. The van der Waals surface area contributed by atoms with Crippen LogP contribution in [0.3, 0.4) is 0 Å². The van der Waals surface area contributed by atoms with Crippen LogP contribution >= 0.6 is 15.9 Å². The standard InChI is InChI=1S/C10H15BrN4O2/c11-9-8(14-7-3-6(12)4-7)5-13-15(1-2-16)10(9)17/h5-7,14,16H,1-4,12H2. The van der Waals surface area contributed by atoms with Crippen LogP contribution in [-0.2, 0) is 6.54 Å². The second kappa shape index (κ2) is 5.16. The molecule has 1 aromatic heterocycles. The van der Waals surface area contributed by atoms with Crippen molar-refractivity contribution in [2.24, 2.45) is 5.73 Å². The fraction of sp³-hybridized carbons (Fsp3) is 0.600. The van der Waals surface area contributed by atoms with Gasteiger partial charge >= 0.3 is 0 Å². The van der Waals surface area contributed by atoms with Crippen molar-refractivity contribution >= 4 is 21.6 Å². The van der Waals surface area contributed by atoms with Crippen molar-refractivity contribution in [3.8, 4) is 0 Å². The molecule has 0 radical (unpaired) electrons. The summed E-state index contributed by atoms with van der Waals surface area (Å²) in [6.45, 7) is 0.0929. The molecule has 1 heterocycles. The van der Waals surface area contributed by atoms with Crippen LogP contribution in [0, 0.1) is 0 Å². The number of hydrogen-bond acceptors (Lipinski definition) is 5. The topological polar surface area (TPSA) is 93.2 Å². The Balaban J connectivity index is 2.13. The van der Waals surface area contributed by atoms with Crippen LogP contribution in [-0.4, -0.2) is 33.6 Å². The van der Waals surface area contributed by atoms with E-state index in [-0.39, 0.29) is 24.8 Å².